The molecule has 2 atom stereocenters. The first-order chi connectivity index (χ1) is 10.7. The zero-order chi connectivity index (χ0) is 15.5. The van der Waals surface area contributed by atoms with Crippen molar-refractivity contribution in [1.29, 1.82) is 0 Å². The minimum absolute atomic E-state index is 0.0168. The van der Waals surface area contributed by atoms with Crippen LogP contribution in [0, 0.1) is 0 Å². The Hall–Kier alpha value is -1.88. The highest BCUT2D eigenvalue weighted by atomic mass is 32.1. The average Bonchev–Trinajstić information content (AvgIpc) is 3.03. The lowest BCUT2D eigenvalue weighted by Gasteiger charge is -2.36. The van der Waals surface area contributed by atoms with Crippen LogP contribution in [0.4, 0.5) is 4.79 Å². The van der Waals surface area contributed by atoms with Crippen molar-refractivity contribution in [3.05, 3.63) is 52.0 Å². The highest BCUT2D eigenvalue weighted by molar-refractivity contribution is 7.10. The Morgan fingerprint density at radius 3 is 2.95 bits per heavy atom. The van der Waals surface area contributed by atoms with Gasteiger partial charge >= 0.3 is 6.03 Å². The number of hydrogen-bond acceptors (Lipinski definition) is 3. The van der Waals surface area contributed by atoms with Gasteiger partial charge in [-0.15, -0.1) is 11.3 Å². The molecular weight excluding hydrogens is 294 g/mol. The van der Waals surface area contributed by atoms with Crippen LogP contribution < -0.4 is 5.32 Å². The van der Waals surface area contributed by atoms with Crippen LogP contribution in [0.15, 0.2) is 36.0 Å². The summed E-state index contributed by atoms with van der Waals surface area (Å²) >= 11 is 1.80. The molecule has 22 heavy (non-hydrogen) atoms. The number of aromatic nitrogens is 1. The lowest BCUT2D eigenvalue weighted by Crippen LogP contribution is -2.45. The van der Waals surface area contributed by atoms with Crippen molar-refractivity contribution in [3.8, 4) is 0 Å². The van der Waals surface area contributed by atoms with Crippen molar-refractivity contribution in [3.63, 3.8) is 0 Å². The first-order valence-corrected chi connectivity index (χ1v) is 8.62. The highest BCUT2D eigenvalue weighted by Crippen LogP contribution is 2.35. The van der Waals surface area contributed by atoms with Crippen molar-refractivity contribution in [2.75, 3.05) is 6.54 Å². The molecular formula is C17H21N3OS. The number of nitrogens with zero attached hydrogens (tertiary/aromatic N) is 2. The Morgan fingerprint density at radius 2 is 2.23 bits per heavy atom. The number of fused-ring (bicyclic) bond motifs is 1. The lowest BCUT2D eigenvalue weighted by atomic mass is 9.98. The second-order valence-corrected chi connectivity index (χ2v) is 6.62. The average molecular weight is 315 g/mol. The summed E-state index contributed by atoms with van der Waals surface area (Å²) in [6.07, 6.45) is 5.41. The smallest absolute Gasteiger partial charge is 0.318 e. The third kappa shape index (κ3) is 2.86. The fourth-order valence-corrected chi connectivity index (χ4v) is 4.01. The molecule has 1 aliphatic heterocycles. The van der Waals surface area contributed by atoms with E-state index < -0.39 is 0 Å². The number of amides is 2. The molecule has 0 aliphatic carbocycles. The van der Waals surface area contributed by atoms with Crippen LogP contribution in [0.5, 0.6) is 0 Å². The van der Waals surface area contributed by atoms with Gasteiger partial charge in [-0.2, -0.15) is 0 Å². The molecule has 0 bridgehead atoms. The Balaban J connectivity index is 1.72. The maximum Gasteiger partial charge on any atom is 0.318 e. The van der Waals surface area contributed by atoms with Gasteiger partial charge in [0, 0.05) is 23.8 Å². The van der Waals surface area contributed by atoms with Gasteiger partial charge in [-0.1, -0.05) is 6.92 Å². The standard InChI is InChI=1S/C17H21N3OS/c1-3-15-14-7-11-22-16(14)6-10-20(15)17(21)19-12(2)13-4-8-18-9-5-13/h4-5,7-9,11-12,15H,3,6,10H2,1-2H3,(H,19,21)/t12-,15-/m1/s1. The minimum atomic E-state index is -0.0168. The van der Waals surface area contributed by atoms with E-state index in [9.17, 15) is 4.79 Å². The largest absolute Gasteiger partial charge is 0.331 e. The van der Waals surface area contributed by atoms with Crippen molar-refractivity contribution in [1.82, 2.24) is 15.2 Å². The molecule has 0 spiro atoms. The summed E-state index contributed by atoms with van der Waals surface area (Å²) in [7, 11) is 0. The summed E-state index contributed by atoms with van der Waals surface area (Å²) in [6.45, 7) is 4.94. The molecule has 3 rings (SSSR count). The predicted molar refractivity (Wildman–Crippen MR) is 88.9 cm³/mol. The van der Waals surface area contributed by atoms with Gasteiger partial charge in [0.05, 0.1) is 12.1 Å². The minimum Gasteiger partial charge on any atom is -0.331 e. The number of pyridine rings is 1. The first-order valence-electron chi connectivity index (χ1n) is 7.74. The van der Waals surface area contributed by atoms with Gasteiger partial charge in [-0.05, 0) is 54.5 Å². The van der Waals surface area contributed by atoms with E-state index in [4.69, 9.17) is 0 Å². The fraction of sp³-hybridized carbons (Fsp3) is 0.412. The predicted octanol–water partition coefficient (Wildman–Crippen LogP) is 3.92. The van der Waals surface area contributed by atoms with E-state index in [1.54, 1.807) is 23.7 Å². The number of carbonyl (C=O) groups is 1. The van der Waals surface area contributed by atoms with E-state index in [1.807, 2.05) is 24.0 Å². The number of thiophene rings is 1. The van der Waals surface area contributed by atoms with Crippen LogP contribution in [0.3, 0.4) is 0 Å². The number of hydrogen-bond donors (Lipinski definition) is 1. The summed E-state index contributed by atoms with van der Waals surface area (Å²) in [5.74, 6) is 0. The monoisotopic (exact) mass is 315 g/mol. The van der Waals surface area contributed by atoms with E-state index in [1.165, 1.54) is 10.4 Å². The molecule has 1 N–H and O–H groups in total. The second kappa shape index (κ2) is 6.48. The molecule has 3 heterocycles. The molecule has 0 saturated heterocycles. The number of urea groups is 1. The molecule has 2 amide bonds. The fourth-order valence-electron chi connectivity index (χ4n) is 3.08. The van der Waals surface area contributed by atoms with Crippen molar-refractivity contribution in [2.45, 2.75) is 38.8 Å². The first kappa shape index (κ1) is 15.0. The van der Waals surface area contributed by atoms with Crippen molar-refractivity contribution in [2.24, 2.45) is 0 Å². The Kier molecular flexibility index (Phi) is 4.43. The van der Waals surface area contributed by atoms with Crippen molar-refractivity contribution < 1.29 is 4.79 Å². The highest BCUT2D eigenvalue weighted by Gasteiger charge is 2.30. The molecule has 0 aromatic carbocycles. The van der Waals surface area contributed by atoms with E-state index in [-0.39, 0.29) is 18.1 Å². The van der Waals surface area contributed by atoms with E-state index in [2.05, 4.69) is 28.7 Å². The second-order valence-electron chi connectivity index (χ2n) is 5.62. The van der Waals surface area contributed by atoms with E-state index in [0.29, 0.717) is 0 Å². The SMILES string of the molecule is CC[C@@H]1c2ccsc2CCN1C(=O)N[C@H](C)c1ccncc1. The molecule has 116 valence electrons. The van der Waals surface area contributed by atoms with Gasteiger partial charge in [0.25, 0.3) is 0 Å². The van der Waals surface area contributed by atoms with Crippen LogP contribution in [0.25, 0.3) is 0 Å². The molecule has 5 heteroatoms. The summed E-state index contributed by atoms with van der Waals surface area (Å²) in [4.78, 5) is 20.1. The molecule has 0 fully saturated rings. The van der Waals surface area contributed by atoms with Gasteiger partial charge in [0.1, 0.15) is 0 Å². The third-order valence-electron chi connectivity index (χ3n) is 4.29. The van der Waals surface area contributed by atoms with Gasteiger partial charge < -0.3 is 10.2 Å². The van der Waals surface area contributed by atoms with Crippen LogP contribution in [0.1, 0.15) is 48.4 Å². The Labute approximate surface area is 135 Å². The molecule has 2 aromatic heterocycles. The van der Waals surface area contributed by atoms with Gasteiger partial charge in [0.2, 0.25) is 0 Å². The zero-order valence-corrected chi connectivity index (χ0v) is 13.8. The maximum absolute atomic E-state index is 12.7. The summed E-state index contributed by atoms with van der Waals surface area (Å²) in [5.41, 5.74) is 2.40. The van der Waals surface area contributed by atoms with E-state index in [0.717, 1.165) is 24.9 Å². The molecule has 0 unspecified atom stereocenters. The van der Waals surface area contributed by atoms with Crippen LogP contribution in [-0.4, -0.2) is 22.5 Å². The van der Waals surface area contributed by atoms with E-state index >= 15 is 0 Å². The molecule has 0 saturated carbocycles. The third-order valence-corrected chi connectivity index (χ3v) is 5.29. The normalized spacial score (nSPS) is 18.6. The number of nitrogens with one attached hydrogen (secondary N) is 1. The van der Waals surface area contributed by atoms with Gasteiger partial charge in [-0.25, -0.2) is 4.79 Å². The molecule has 2 aromatic rings. The van der Waals surface area contributed by atoms with Crippen LogP contribution in [0.2, 0.25) is 0 Å². The van der Waals surface area contributed by atoms with Crippen molar-refractivity contribution >= 4 is 17.4 Å². The van der Waals surface area contributed by atoms with Crippen LogP contribution >= 0.6 is 11.3 Å². The zero-order valence-electron chi connectivity index (χ0n) is 13.0. The molecule has 1 aliphatic rings. The Morgan fingerprint density at radius 1 is 1.45 bits per heavy atom. The number of carbonyl (C=O) groups excluding carboxylic acids is 1. The summed E-state index contributed by atoms with van der Waals surface area (Å²) < 4.78 is 0. The summed E-state index contributed by atoms with van der Waals surface area (Å²) in [6, 6.07) is 6.25. The number of rotatable bonds is 3. The Bertz CT molecular complexity index is 640. The summed E-state index contributed by atoms with van der Waals surface area (Å²) in [5, 5.41) is 5.25. The topological polar surface area (TPSA) is 45.2 Å². The lowest BCUT2D eigenvalue weighted by molar-refractivity contribution is 0.165. The molecule has 4 nitrogen and oxygen atoms in total. The van der Waals surface area contributed by atoms with Gasteiger partial charge in [-0.3, -0.25) is 4.98 Å². The quantitative estimate of drug-likeness (QED) is 0.933. The van der Waals surface area contributed by atoms with Crippen LogP contribution in [-0.2, 0) is 6.42 Å². The molecule has 0 radical (unpaired) electrons. The van der Waals surface area contributed by atoms with Gasteiger partial charge in [0.15, 0.2) is 0 Å². The maximum atomic E-state index is 12.7.